The molecule has 7 nitrogen and oxygen atoms in total. The Morgan fingerprint density at radius 2 is 1.47 bits per heavy atom. The van der Waals surface area contributed by atoms with Gasteiger partial charge in [-0.25, -0.2) is 0 Å². The molecule has 0 saturated carbocycles. The van der Waals surface area contributed by atoms with Crippen molar-refractivity contribution in [2.75, 3.05) is 6.54 Å². The molecule has 1 N–H and O–H groups in total. The first-order valence-electron chi connectivity index (χ1n) is 12.4. The Morgan fingerprint density at radius 3 is 2.11 bits per heavy atom. The van der Waals surface area contributed by atoms with E-state index in [4.69, 9.17) is 14.2 Å². The summed E-state index contributed by atoms with van der Waals surface area (Å²) in [6.07, 6.45) is 2.29. The number of halogens is 1. The molecule has 0 saturated heterocycles. The average Bonchev–Trinajstić information content (AvgIpc) is 2.90. The molecule has 2 aromatic carbocycles. The number of alkyl halides is 1. The Kier molecular flexibility index (Phi) is 14.8. The Bertz CT molecular complexity index is 909. The van der Waals surface area contributed by atoms with Crippen LogP contribution in [0.2, 0.25) is 0 Å². The second-order valence-electron chi connectivity index (χ2n) is 8.41. The minimum absolute atomic E-state index is 0.0155. The van der Waals surface area contributed by atoms with Gasteiger partial charge in [0.2, 0.25) is 0 Å². The van der Waals surface area contributed by atoms with Gasteiger partial charge in [-0.15, -0.1) is 0 Å². The zero-order chi connectivity index (χ0) is 26.0. The standard InChI is InChI=1S/C28H36INO6/c1-2-3-16-27(32)36-24(17-18-26(31)35-21-23-13-8-5-9-14-23)28(33)30-19-10-15-25(29)34-20-22-11-6-4-7-12-22/h4-9,11-14,24-25H,2-3,10,15-21H2,1H3,(H,30,33)/t24?,25-/m1/s1. The summed E-state index contributed by atoms with van der Waals surface area (Å²) in [6.45, 7) is 3.10. The summed E-state index contributed by atoms with van der Waals surface area (Å²) in [5.41, 5.74) is 2.00. The molecule has 0 radical (unpaired) electrons. The van der Waals surface area contributed by atoms with Crippen LogP contribution in [0.1, 0.15) is 63.0 Å². The Morgan fingerprint density at radius 1 is 0.833 bits per heavy atom. The van der Waals surface area contributed by atoms with Gasteiger partial charge in [-0.05, 0) is 30.4 Å². The van der Waals surface area contributed by atoms with Gasteiger partial charge < -0.3 is 19.5 Å². The summed E-state index contributed by atoms with van der Waals surface area (Å²) in [7, 11) is 0. The van der Waals surface area contributed by atoms with E-state index in [9.17, 15) is 14.4 Å². The van der Waals surface area contributed by atoms with Crippen LogP contribution in [0.3, 0.4) is 0 Å². The first-order valence-corrected chi connectivity index (χ1v) is 13.7. The van der Waals surface area contributed by atoms with Gasteiger partial charge in [0.25, 0.3) is 5.91 Å². The third-order valence-electron chi connectivity index (χ3n) is 5.33. The molecule has 0 aliphatic carbocycles. The summed E-state index contributed by atoms with van der Waals surface area (Å²) < 4.78 is 16.6. The maximum atomic E-state index is 12.7. The molecule has 0 spiro atoms. The Labute approximate surface area is 227 Å². The van der Waals surface area contributed by atoms with E-state index in [0.717, 1.165) is 24.0 Å². The van der Waals surface area contributed by atoms with Crippen LogP contribution in [0, 0.1) is 0 Å². The molecule has 1 amide bonds. The molecule has 0 heterocycles. The van der Waals surface area contributed by atoms with Crippen LogP contribution in [0.25, 0.3) is 0 Å². The lowest BCUT2D eigenvalue weighted by Gasteiger charge is -2.18. The highest BCUT2D eigenvalue weighted by Crippen LogP contribution is 2.14. The predicted molar refractivity (Wildman–Crippen MR) is 146 cm³/mol. The van der Waals surface area contributed by atoms with E-state index in [2.05, 4.69) is 27.9 Å². The monoisotopic (exact) mass is 609 g/mol. The molecule has 0 aliphatic rings. The molecule has 2 rings (SSSR count). The fourth-order valence-electron chi connectivity index (χ4n) is 3.27. The van der Waals surface area contributed by atoms with Crippen LogP contribution in [-0.2, 0) is 41.8 Å². The number of carbonyl (C=O) groups is 3. The van der Waals surface area contributed by atoms with Crippen molar-refractivity contribution in [1.29, 1.82) is 0 Å². The molecule has 0 aromatic heterocycles. The number of rotatable bonds is 17. The number of amides is 1. The third kappa shape index (κ3) is 13.0. The molecule has 1 unspecified atom stereocenters. The van der Waals surface area contributed by atoms with E-state index in [1.807, 2.05) is 67.6 Å². The van der Waals surface area contributed by atoms with Gasteiger partial charge in [0, 0.05) is 25.8 Å². The van der Waals surface area contributed by atoms with Gasteiger partial charge in [0.05, 0.1) is 6.61 Å². The SMILES string of the molecule is CCCCC(=O)OC(CCC(=O)OCc1ccccc1)C(=O)NCCC[C@H](I)OCc1ccccc1. The molecule has 8 heteroatoms. The predicted octanol–water partition coefficient (Wildman–Crippen LogP) is 5.49. The molecule has 2 atom stereocenters. The second-order valence-corrected chi connectivity index (χ2v) is 9.80. The van der Waals surface area contributed by atoms with Crippen LogP contribution in [-0.4, -0.2) is 34.6 Å². The molecular weight excluding hydrogens is 573 g/mol. The fourth-order valence-corrected chi connectivity index (χ4v) is 3.89. The highest BCUT2D eigenvalue weighted by atomic mass is 127. The maximum Gasteiger partial charge on any atom is 0.306 e. The van der Waals surface area contributed by atoms with Crippen molar-refractivity contribution in [3.63, 3.8) is 0 Å². The summed E-state index contributed by atoms with van der Waals surface area (Å²) in [5, 5.41) is 2.83. The highest BCUT2D eigenvalue weighted by molar-refractivity contribution is 14.1. The van der Waals surface area contributed by atoms with Crippen LogP contribution in [0.4, 0.5) is 0 Å². The average molecular weight is 610 g/mol. The number of unbranched alkanes of at least 4 members (excludes halogenated alkanes) is 1. The number of benzene rings is 2. The van der Waals surface area contributed by atoms with Crippen molar-refractivity contribution in [3.05, 3.63) is 71.8 Å². The first-order chi connectivity index (χ1) is 17.5. The molecule has 36 heavy (non-hydrogen) atoms. The quantitative estimate of drug-likeness (QED) is 0.111. The molecule has 196 valence electrons. The molecule has 2 aromatic rings. The van der Waals surface area contributed by atoms with Crippen LogP contribution < -0.4 is 5.32 Å². The van der Waals surface area contributed by atoms with Crippen molar-refractivity contribution in [1.82, 2.24) is 5.32 Å². The van der Waals surface area contributed by atoms with Crippen LogP contribution in [0.5, 0.6) is 0 Å². The zero-order valence-electron chi connectivity index (χ0n) is 20.8. The van der Waals surface area contributed by atoms with Crippen molar-refractivity contribution < 1.29 is 28.6 Å². The second kappa shape index (κ2) is 17.9. The van der Waals surface area contributed by atoms with E-state index >= 15 is 0 Å². The van der Waals surface area contributed by atoms with Gasteiger partial charge in [-0.3, -0.25) is 14.4 Å². The minimum atomic E-state index is -1.02. The number of hydrogen-bond acceptors (Lipinski definition) is 6. The summed E-state index contributed by atoms with van der Waals surface area (Å²) in [4.78, 5) is 37.1. The topological polar surface area (TPSA) is 90.9 Å². The fraction of sp³-hybridized carbons (Fsp3) is 0.464. The molecule has 0 bridgehead atoms. The summed E-state index contributed by atoms with van der Waals surface area (Å²) >= 11 is 2.24. The lowest BCUT2D eigenvalue weighted by Crippen LogP contribution is -2.38. The highest BCUT2D eigenvalue weighted by Gasteiger charge is 2.24. The third-order valence-corrected chi connectivity index (χ3v) is 6.32. The number of carbonyl (C=O) groups excluding carboxylic acids is 3. The van der Waals surface area contributed by atoms with Gasteiger partial charge in [0.15, 0.2) is 6.10 Å². The lowest BCUT2D eigenvalue weighted by molar-refractivity contribution is -0.158. The number of ether oxygens (including phenoxy) is 3. The Balaban J connectivity index is 1.74. The largest absolute Gasteiger partial charge is 0.461 e. The van der Waals surface area contributed by atoms with E-state index in [1.165, 1.54) is 0 Å². The number of nitrogens with one attached hydrogen (secondary N) is 1. The zero-order valence-corrected chi connectivity index (χ0v) is 23.0. The van der Waals surface area contributed by atoms with E-state index < -0.39 is 23.9 Å². The normalized spacial score (nSPS) is 12.4. The molecular formula is C28H36INO6. The molecule has 0 aliphatic heterocycles. The van der Waals surface area contributed by atoms with Gasteiger partial charge >= 0.3 is 11.9 Å². The summed E-state index contributed by atoms with van der Waals surface area (Å²) in [6, 6.07) is 19.3. The van der Waals surface area contributed by atoms with E-state index in [0.29, 0.717) is 26.0 Å². The van der Waals surface area contributed by atoms with Gasteiger partial charge in [0.1, 0.15) is 10.7 Å². The number of esters is 2. The van der Waals surface area contributed by atoms with E-state index in [-0.39, 0.29) is 30.0 Å². The minimum Gasteiger partial charge on any atom is -0.461 e. The van der Waals surface area contributed by atoms with Gasteiger partial charge in [-0.2, -0.15) is 0 Å². The van der Waals surface area contributed by atoms with Crippen molar-refractivity contribution in [2.45, 2.75) is 75.3 Å². The molecule has 0 fully saturated rings. The van der Waals surface area contributed by atoms with Crippen molar-refractivity contribution in [2.24, 2.45) is 0 Å². The summed E-state index contributed by atoms with van der Waals surface area (Å²) in [5.74, 6) is -1.27. The number of hydrogen-bond donors (Lipinski definition) is 1. The smallest absolute Gasteiger partial charge is 0.306 e. The van der Waals surface area contributed by atoms with Gasteiger partial charge in [-0.1, -0.05) is 96.6 Å². The van der Waals surface area contributed by atoms with Crippen molar-refractivity contribution in [3.8, 4) is 0 Å². The van der Waals surface area contributed by atoms with Crippen LogP contribution in [0.15, 0.2) is 60.7 Å². The lowest BCUT2D eigenvalue weighted by atomic mass is 10.1. The van der Waals surface area contributed by atoms with E-state index in [1.54, 1.807) is 0 Å². The Hall–Kier alpha value is -2.46. The first kappa shape index (κ1) is 29.8. The van der Waals surface area contributed by atoms with Crippen molar-refractivity contribution >= 4 is 40.4 Å². The van der Waals surface area contributed by atoms with Crippen LogP contribution >= 0.6 is 22.6 Å². The maximum absolute atomic E-state index is 12.7.